The van der Waals surface area contributed by atoms with E-state index in [4.69, 9.17) is 0 Å². The Balaban J connectivity index is 1.77. The van der Waals surface area contributed by atoms with Crippen molar-refractivity contribution in [1.29, 1.82) is 0 Å². The number of aryl methyl sites for hydroxylation is 1. The number of hydrogen-bond donors (Lipinski definition) is 2. The highest BCUT2D eigenvalue weighted by atomic mass is 32.2. The Bertz CT molecular complexity index is 1460. The van der Waals surface area contributed by atoms with E-state index in [0.717, 1.165) is 5.56 Å². The summed E-state index contributed by atoms with van der Waals surface area (Å²) in [4.78, 5) is 11.4. The van der Waals surface area contributed by atoms with E-state index in [9.17, 15) is 22.7 Å². The van der Waals surface area contributed by atoms with Crippen LogP contribution in [-0.4, -0.2) is 19.5 Å². The molecule has 0 aliphatic rings. The molecule has 0 unspecified atom stereocenters. The van der Waals surface area contributed by atoms with Crippen LogP contribution in [0.15, 0.2) is 77.7 Å². The fourth-order valence-electron chi connectivity index (χ4n) is 3.88. The molecule has 0 amide bonds. The Morgan fingerprint density at radius 2 is 1.61 bits per heavy atom. The van der Waals surface area contributed by atoms with Gasteiger partial charge >= 0.3 is 5.97 Å². The molecule has 4 rings (SSSR count). The number of fused-ring (bicyclic) bond motifs is 1. The molecule has 33 heavy (non-hydrogen) atoms. The van der Waals surface area contributed by atoms with E-state index < -0.39 is 21.8 Å². The summed E-state index contributed by atoms with van der Waals surface area (Å²) >= 11 is 0. The number of carboxylic acid groups (broad SMARTS) is 1. The molecule has 5 nitrogen and oxygen atoms in total. The van der Waals surface area contributed by atoms with E-state index in [2.05, 4.69) is 4.72 Å². The van der Waals surface area contributed by atoms with Crippen LogP contribution in [0.25, 0.3) is 21.9 Å². The fraction of sp³-hybridized carbons (Fsp3) is 0.115. The Morgan fingerprint density at radius 3 is 2.24 bits per heavy atom. The van der Waals surface area contributed by atoms with Gasteiger partial charge in [-0.25, -0.2) is 12.8 Å². The van der Waals surface area contributed by atoms with Crippen LogP contribution in [0.5, 0.6) is 0 Å². The van der Waals surface area contributed by atoms with E-state index in [-0.39, 0.29) is 11.3 Å². The number of hydrogen-bond acceptors (Lipinski definition) is 3. The van der Waals surface area contributed by atoms with Crippen molar-refractivity contribution >= 4 is 32.5 Å². The lowest BCUT2D eigenvalue weighted by Gasteiger charge is -2.16. The SMILES string of the molecule is Cc1ccc(NS(=O)(=O)c2ccc(-c3c(C)c(CC(=O)O)cc4ccc(F)cc34)cc2)cc1. The number of benzene rings is 4. The lowest BCUT2D eigenvalue weighted by Crippen LogP contribution is -2.12. The standard InChI is InChI=1S/C26H22FNO4S/c1-16-3-9-22(10-4-16)28-33(31,32)23-11-6-18(7-12-23)26-17(2)20(14-25(29)30)13-19-5-8-21(27)15-24(19)26/h3-13,15,28H,14H2,1-2H3,(H,29,30). The van der Waals surface area contributed by atoms with E-state index in [1.54, 1.807) is 43.3 Å². The number of carboxylic acids is 1. The van der Waals surface area contributed by atoms with Crippen LogP contribution in [-0.2, 0) is 21.2 Å². The van der Waals surface area contributed by atoms with Gasteiger partial charge in [0.25, 0.3) is 10.0 Å². The molecule has 0 aromatic heterocycles. The van der Waals surface area contributed by atoms with Gasteiger partial charge in [-0.05, 0) is 83.3 Å². The van der Waals surface area contributed by atoms with Crippen molar-refractivity contribution in [2.24, 2.45) is 0 Å². The maximum absolute atomic E-state index is 14.0. The lowest BCUT2D eigenvalue weighted by molar-refractivity contribution is -0.136. The van der Waals surface area contributed by atoms with E-state index in [1.165, 1.54) is 24.3 Å². The van der Waals surface area contributed by atoms with Crippen molar-refractivity contribution in [3.05, 3.63) is 95.3 Å². The van der Waals surface area contributed by atoms with Crippen LogP contribution in [0.3, 0.4) is 0 Å². The molecule has 0 fully saturated rings. The van der Waals surface area contributed by atoms with Gasteiger partial charge in [0, 0.05) is 5.69 Å². The van der Waals surface area contributed by atoms with Crippen molar-refractivity contribution in [2.75, 3.05) is 4.72 Å². The summed E-state index contributed by atoms with van der Waals surface area (Å²) in [5.41, 5.74) is 4.16. The zero-order valence-corrected chi connectivity index (χ0v) is 18.9. The second-order valence-electron chi connectivity index (χ2n) is 7.97. The molecule has 4 aromatic rings. The van der Waals surface area contributed by atoms with E-state index in [1.807, 2.05) is 19.1 Å². The molecule has 0 aliphatic heterocycles. The van der Waals surface area contributed by atoms with Crippen LogP contribution >= 0.6 is 0 Å². The predicted molar refractivity (Wildman–Crippen MR) is 127 cm³/mol. The van der Waals surface area contributed by atoms with Gasteiger partial charge in [-0.1, -0.05) is 42.0 Å². The highest BCUT2D eigenvalue weighted by Crippen LogP contribution is 2.35. The Kier molecular flexibility index (Phi) is 5.91. The lowest BCUT2D eigenvalue weighted by atomic mass is 9.89. The predicted octanol–water partition coefficient (Wildman–Crippen LogP) is 5.69. The Hall–Kier alpha value is -3.71. The number of halogens is 1. The third kappa shape index (κ3) is 4.73. The molecule has 0 heterocycles. The molecule has 0 saturated carbocycles. The smallest absolute Gasteiger partial charge is 0.307 e. The maximum atomic E-state index is 14.0. The van der Waals surface area contributed by atoms with Crippen LogP contribution in [0.4, 0.5) is 10.1 Å². The minimum Gasteiger partial charge on any atom is -0.481 e. The normalized spacial score (nSPS) is 11.5. The second kappa shape index (κ2) is 8.67. The number of carbonyl (C=O) groups is 1. The highest BCUT2D eigenvalue weighted by Gasteiger charge is 2.17. The average molecular weight is 464 g/mol. The first kappa shape index (κ1) is 22.5. The summed E-state index contributed by atoms with van der Waals surface area (Å²) in [6.07, 6.45) is -0.168. The number of sulfonamides is 1. The molecule has 0 bridgehead atoms. The molecule has 4 aromatic carbocycles. The molecule has 7 heteroatoms. The number of anilines is 1. The van der Waals surface area contributed by atoms with E-state index >= 15 is 0 Å². The first-order valence-corrected chi connectivity index (χ1v) is 11.8. The first-order valence-electron chi connectivity index (χ1n) is 10.3. The third-order valence-electron chi connectivity index (χ3n) is 5.57. The minimum atomic E-state index is -3.80. The van der Waals surface area contributed by atoms with Gasteiger partial charge in [0.05, 0.1) is 11.3 Å². The Morgan fingerprint density at radius 1 is 0.939 bits per heavy atom. The number of rotatable bonds is 6. The summed E-state index contributed by atoms with van der Waals surface area (Å²) in [7, 11) is -3.80. The minimum absolute atomic E-state index is 0.0849. The van der Waals surface area contributed by atoms with Crippen molar-refractivity contribution in [2.45, 2.75) is 25.2 Å². The topological polar surface area (TPSA) is 83.5 Å². The second-order valence-corrected chi connectivity index (χ2v) is 9.65. The first-order chi connectivity index (χ1) is 15.6. The van der Waals surface area contributed by atoms with Crippen molar-refractivity contribution < 1.29 is 22.7 Å². The van der Waals surface area contributed by atoms with Crippen LogP contribution in [0.2, 0.25) is 0 Å². The highest BCUT2D eigenvalue weighted by molar-refractivity contribution is 7.92. The van der Waals surface area contributed by atoms with Crippen molar-refractivity contribution in [3.63, 3.8) is 0 Å². The fourth-order valence-corrected chi connectivity index (χ4v) is 4.94. The zero-order valence-electron chi connectivity index (χ0n) is 18.1. The molecule has 0 radical (unpaired) electrons. The van der Waals surface area contributed by atoms with Crippen LogP contribution in [0.1, 0.15) is 16.7 Å². The van der Waals surface area contributed by atoms with Gasteiger partial charge in [0.2, 0.25) is 0 Å². The van der Waals surface area contributed by atoms with Gasteiger partial charge in [0.15, 0.2) is 0 Å². The van der Waals surface area contributed by atoms with Crippen LogP contribution < -0.4 is 4.72 Å². The Labute approximate surface area is 191 Å². The molecular formula is C26H22FNO4S. The monoisotopic (exact) mass is 463 g/mol. The molecule has 168 valence electrons. The van der Waals surface area contributed by atoms with Gasteiger partial charge in [-0.15, -0.1) is 0 Å². The quantitative estimate of drug-likeness (QED) is 0.385. The summed E-state index contributed by atoms with van der Waals surface area (Å²) in [6, 6.07) is 19.4. The third-order valence-corrected chi connectivity index (χ3v) is 6.97. The summed E-state index contributed by atoms with van der Waals surface area (Å²) < 4.78 is 42.2. The zero-order chi connectivity index (χ0) is 23.8. The number of nitrogens with one attached hydrogen (secondary N) is 1. The molecule has 0 saturated heterocycles. The molecular weight excluding hydrogens is 441 g/mol. The number of aliphatic carboxylic acids is 1. The van der Waals surface area contributed by atoms with Crippen molar-refractivity contribution in [1.82, 2.24) is 0 Å². The maximum Gasteiger partial charge on any atom is 0.307 e. The average Bonchev–Trinajstić information content (AvgIpc) is 2.76. The molecule has 2 N–H and O–H groups in total. The summed E-state index contributed by atoms with van der Waals surface area (Å²) in [5, 5.41) is 10.6. The molecule has 0 aliphatic carbocycles. The van der Waals surface area contributed by atoms with Gasteiger partial charge < -0.3 is 5.11 Å². The van der Waals surface area contributed by atoms with Gasteiger partial charge in [-0.2, -0.15) is 0 Å². The molecule has 0 spiro atoms. The summed E-state index contributed by atoms with van der Waals surface area (Å²) in [5.74, 6) is -1.37. The largest absolute Gasteiger partial charge is 0.481 e. The van der Waals surface area contributed by atoms with Gasteiger partial charge in [-0.3, -0.25) is 9.52 Å². The van der Waals surface area contributed by atoms with Crippen molar-refractivity contribution in [3.8, 4) is 11.1 Å². The van der Waals surface area contributed by atoms with Crippen LogP contribution in [0, 0.1) is 19.7 Å². The summed E-state index contributed by atoms with van der Waals surface area (Å²) in [6.45, 7) is 3.71. The van der Waals surface area contributed by atoms with E-state index in [0.29, 0.717) is 38.7 Å². The van der Waals surface area contributed by atoms with Gasteiger partial charge in [0.1, 0.15) is 5.82 Å². The molecule has 0 atom stereocenters.